The molecule has 0 radical (unpaired) electrons. The van der Waals surface area contributed by atoms with Crippen molar-refractivity contribution in [2.45, 2.75) is 173 Å². The Hall–Kier alpha value is -1.27. The highest BCUT2D eigenvalue weighted by molar-refractivity contribution is 5.79. The maximum atomic E-state index is 14.8. The van der Waals surface area contributed by atoms with Crippen molar-refractivity contribution in [3.63, 3.8) is 0 Å². The number of allylic oxidation sites excluding steroid dienone is 2. The number of aliphatic hydroxyl groups is 9. The van der Waals surface area contributed by atoms with Crippen molar-refractivity contribution in [2.24, 2.45) is 50.2 Å². The molecule has 6 fully saturated rings. The third-order valence-corrected chi connectivity index (χ3v) is 17.3. The minimum Gasteiger partial charge on any atom is -0.432 e. The third kappa shape index (κ3) is 6.29. The van der Waals surface area contributed by atoms with Gasteiger partial charge in [-0.25, -0.2) is 0 Å². The SMILES string of the molecule is CC1(C)CC[C@]2(C(=O)O[C@@H]3O[C@H](CO[C@@H]4O[C@H](CO)[C@@H](O)[C@H](O)[C@H]4O)[C@@H](O)[C@H](O)[C@H]3O)CC[C@]3(C)C(=CC[C@@H]4[C@@]5(C)CC[C@H](O)[C@@](C)(CO)[C@H]5CC[C@]43C)[C@H]2C1. The van der Waals surface area contributed by atoms with E-state index in [2.05, 4.69) is 47.6 Å². The Bertz CT molecular complexity index is 1500. The second-order valence-corrected chi connectivity index (χ2v) is 20.5. The van der Waals surface area contributed by atoms with Crippen LogP contribution in [0.1, 0.15) is 106 Å². The van der Waals surface area contributed by atoms with E-state index in [1.807, 2.05) is 0 Å². The Morgan fingerprint density at radius 1 is 0.732 bits per heavy atom. The molecule has 0 spiro atoms. The molecule has 14 heteroatoms. The molecule has 7 aliphatic rings. The quantitative estimate of drug-likeness (QED) is 0.131. The van der Waals surface area contributed by atoms with E-state index < -0.39 is 97.5 Å². The lowest BCUT2D eigenvalue weighted by atomic mass is 9.33. The fraction of sp³-hybridized carbons (Fsp3) is 0.929. The topological polar surface area (TPSA) is 236 Å². The molecule has 9 N–H and O–H groups in total. The second-order valence-electron chi connectivity index (χ2n) is 20.5. The van der Waals surface area contributed by atoms with Gasteiger partial charge in [-0.1, -0.05) is 53.2 Å². The minimum absolute atomic E-state index is 0.0422. The van der Waals surface area contributed by atoms with Gasteiger partial charge in [0.05, 0.1) is 31.3 Å². The molecule has 0 aromatic rings. The summed E-state index contributed by atoms with van der Waals surface area (Å²) in [7, 11) is 0. The third-order valence-electron chi connectivity index (χ3n) is 17.3. The van der Waals surface area contributed by atoms with Crippen LogP contribution in [0.4, 0.5) is 0 Å². The molecule has 19 atom stereocenters. The number of aliphatic hydroxyl groups excluding tert-OH is 9. The first kappa shape index (κ1) is 42.8. The summed E-state index contributed by atoms with van der Waals surface area (Å²) in [6.45, 7) is 12.5. The van der Waals surface area contributed by atoms with Crippen LogP contribution in [0.2, 0.25) is 0 Å². The van der Waals surface area contributed by atoms with Gasteiger partial charge >= 0.3 is 5.97 Å². The summed E-state index contributed by atoms with van der Waals surface area (Å²) in [6, 6.07) is 0. The molecular formula is C42H68O14. The first-order valence-corrected chi connectivity index (χ1v) is 21.0. The van der Waals surface area contributed by atoms with E-state index in [0.29, 0.717) is 25.2 Å². The smallest absolute Gasteiger partial charge is 0.315 e. The van der Waals surface area contributed by atoms with Gasteiger partial charge in [0, 0.05) is 5.41 Å². The van der Waals surface area contributed by atoms with E-state index in [1.54, 1.807) is 0 Å². The number of esters is 1. The molecule has 7 rings (SSSR count). The van der Waals surface area contributed by atoms with Crippen molar-refractivity contribution in [3.05, 3.63) is 11.6 Å². The van der Waals surface area contributed by atoms with Crippen molar-refractivity contribution >= 4 is 5.97 Å². The molecule has 2 aliphatic heterocycles. The molecule has 0 aromatic carbocycles. The fourth-order valence-corrected chi connectivity index (χ4v) is 13.4. The van der Waals surface area contributed by atoms with Crippen LogP contribution in [0.5, 0.6) is 0 Å². The van der Waals surface area contributed by atoms with Gasteiger partial charge < -0.3 is 64.9 Å². The maximum absolute atomic E-state index is 14.8. The standard InChI is InChI=1S/C42H68O14/c1-37(2)13-15-42(36(52)56-35-33(51)31(49)29(47)24(55-35)19-53-34-32(50)30(48)28(46)23(18-43)54-34)16-14-40(5)21(22(42)17-37)7-8-26-38(3)11-10-27(45)39(4,20-44)25(38)9-12-41(26,40)6/h7,22-35,43-51H,8-20H2,1-6H3/t22-,23-,24-,25+,26-,27+,28-,29-,30+,31+,32-,33-,34-,35+,38+,39+,40-,41-,42+/m1/s1. The molecule has 0 aromatic heterocycles. The zero-order valence-electron chi connectivity index (χ0n) is 33.9. The van der Waals surface area contributed by atoms with Crippen molar-refractivity contribution in [2.75, 3.05) is 19.8 Å². The molecule has 4 saturated carbocycles. The van der Waals surface area contributed by atoms with Crippen molar-refractivity contribution in [1.29, 1.82) is 0 Å². The first-order valence-electron chi connectivity index (χ1n) is 21.0. The van der Waals surface area contributed by atoms with Crippen LogP contribution < -0.4 is 0 Å². The largest absolute Gasteiger partial charge is 0.432 e. The normalized spacial score (nSPS) is 54.1. The van der Waals surface area contributed by atoms with E-state index in [0.717, 1.165) is 44.9 Å². The lowest BCUT2D eigenvalue weighted by molar-refractivity contribution is -0.328. The van der Waals surface area contributed by atoms with Crippen molar-refractivity contribution in [3.8, 4) is 0 Å². The maximum Gasteiger partial charge on any atom is 0.315 e. The summed E-state index contributed by atoms with van der Waals surface area (Å²) in [6.07, 6.45) is -6.38. The predicted molar refractivity (Wildman–Crippen MR) is 199 cm³/mol. The number of ether oxygens (including phenoxy) is 4. The highest BCUT2D eigenvalue weighted by Gasteiger charge is 2.70. The second kappa shape index (κ2) is 14.7. The van der Waals surface area contributed by atoms with Gasteiger partial charge in [-0.3, -0.25) is 4.79 Å². The Labute approximate surface area is 330 Å². The van der Waals surface area contributed by atoms with E-state index >= 15 is 0 Å². The molecule has 56 heavy (non-hydrogen) atoms. The van der Waals surface area contributed by atoms with Gasteiger partial charge in [0.1, 0.15) is 48.8 Å². The predicted octanol–water partition coefficient (Wildman–Crippen LogP) is 1.29. The van der Waals surface area contributed by atoms with Gasteiger partial charge in [-0.05, 0) is 104 Å². The molecule has 320 valence electrons. The van der Waals surface area contributed by atoms with Gasteiger partial charge in [0.25, 0.3) is 0 Å². The van der Waals surface area contributed by atoms with E-state index in [1.165, 1.54) is 5.57 Å². The van der Waals surface area contributed by atoms with Crippen LogP contribution in [0.15, 0.2) is 11.6 Å². The molecule has 5 aliphatic carbocycles. The van der Waals surface area contributed by atoms with E-state index in [4.69, 9.17) is 18.9 Å². The number of carbonyl (C=O) groups excluding carboxylic acids is 1. The van der Waals surface area contributed by atoms with Crippen LogP contribution in [0.3, 0.4) is 0 Å². The number of rotatable bonds is 7. The Morgan fingerprint density at radius 2 is 1.36 bits per heavy atom. The average Bonchev–Trinajstić information content (AvgIpc) is 3.15. The van der Waals surface area contributed by atoms with Gasteiger partial charge in [0.2, 0.25) is 6.29 Å². The molecule has 2 heterocycles. The zero-order valence-corrected chi connectivity index (χ0v) is 33.9. The highest BCUT2D eigenvalue weighted by Crippen LogP contribution is 2.76. The van der Waals surface area contributed by atoms with Crippen LogP contribution in [-0.4, -0.2) is 139 Å². The highest BCUT2D eigenvalue weighted by atomic mass is 16.7. The van der Waals surface area contributed by atoms with Gasteiger partial charge in [-0.2, -0.15) is 0 Å². The molecule has 0 bridgehead atoms. The Kier molecular flexibility index (Phi) is 11.3. The van der Waals surface area contributed by atoms with Gasteiger partial charge in [-0.15, -0.1) is 0 Å². The first-order chi connectivity index (χ1) is 26.1. The summed E-state index contributed by atoms with van der Waals surface area (Å²) in [5, 5.41) is 94.8. The minimum atomic E-state index is -1.78. The molecule has 2 saturated heterocycles. The van der Waals surface area contributed by atoms with Crippen LogP contribution in [-0.2, 0) is 23.7 Å². The zero-order chi connectivity index (χ0) is 41.0. The van der Waals surface area contributed by atoms with Crippen LogP contribution in [0, 0.1) is 50.2 Å². The summed E-state index contributed by atoms with van der Waals surface area (Å²) < 4.78 is 23.0. The Morgan fingerprint density at radius 3 is 2.02 bits per heavy atom. The van der Waals surface area contributed by atoms with Crippen molar-refractivity contribution < 1.29 is 69.7 Å². The molecular weight excluding hydrogens is 728 g/mol. The lowest BCUT2D eigenvalue weighted by Gasteiger charge is -2.71. The Balaban J connectivity index is 1.13. The van der Waals surface area contributed by atoms with Crippen LogP contribution in [0.25, 0.3) is 0 Å². The monoisotopic (exact) mass is 796 g/mol. The fourth-order valence-electron chi connectivity index (χ4n) is 13.4. The number of carbonyl (C=O) groups is 1. The summed E-state index contributed by atoms with van der Waals surface area (Å²) in [4.78, 5) is 14.8. The summed E-state index contributed by atoms with van der Waals surface area (Å²) >= 11 is 0. The number of fused-ring (bicyclic) bond motifs is 7. The summed E-state index contributed by atoms with van der Waals surface area (Å²) in [5.41, 5.74) is -0.606. The van der Waals surface area contributed by atoms with E-state index in [9.17, 15) is 50.8 Å². The molecule has 0 amide bonds. The molecule has 14 nitrogen and oxygen atoms in total. The summed E-state index contributed by atoms with van der Waals surface area (Å²) in [5.74, 6) is -0.144. The lowest BCUT2D eigenvalue weighted by Crippen LogP contribution is -2.66. The average molecular weight is 797 g/mol. The van der Waals surface area contributed by atoms with E-state index in [-0.39, 0.29) is 40.1 Å². The van der Waals surface area contributed by atoms with Crippen LogP contribution >= 0.6 is 0 Å². The molecule has 0 unspecified atom stereocenters. The number of hydrogen-bond donors (Lipinski definition) is 9. The van der Waals surface area contributed by atoms with Gasteiger partial charge in [0.15, 0.2) is 6.29 Å². The van der Waals surface area contributed by atoms with Crippen molar-refractivity contribution in [1.82, 2.24) is 0 Å². The number of hydrogen-bond acceptors (Lipinski definition) is 14.